The van der Waals surface area contributed by atoms with Gasteiger partial charge < -0.3 is 14.7 Å². The number of piperidine rings is 2. The molecule has 3 heterocycles. The summed E-state index contributed by atoms with van der Waals surface area (Å²) in [5, 5.41) is 0. The lowest BCUT2D eigenvalue weighted by atomic mass is 10.00. The minimum Gasteiger partial charge on any atom is -0.340 e. The van der Waals surface area contributed by atoms with Crippen molar-refractivity contribution in [3.8, 4) is 0 Å². The van der Waals surface area contributed by atoms with Gasteiger partial charge in [0.05, 0.1) is 11.4 Å². The fourth-order valence-electron chi connectivity index (χ4n) is 5.29. The van der Waals surface area contributed by atoms with E-state index in [0.29, 0.717) is 0 Å². The maximum atomic E-state index is 14.0. The highest BCUT2D eigenvalue weighted by Gasteiger charge is 2.26. The van der Waals surface area contributed by atoms with Crippen molar-refractivity contribution in [2.75, 3.05) is 44.2 Å². The Morgan fingerprint density at radius 2 is 1.60 bits per heavy atom. The van der Waals surface area contributed by atoms with Gasteiger partial charge in [-0.15, -0.1) is 0 Å². The van der Waals surface area contributed by atoms with Crippen LogP contribution < -0.4 is 4.90 Å². The van der Waals surface area contributed by atoms with E-state index in [1.807, 2.05) is 6.07 Å². The number of halogens is 1. The molecule has 0 saturated carbocycles. The Balaban J connectivity index is 1.19. The molecule has 160 valence electrons. The lowest BCUT2D eigenvalue weighted by molar-refractivity contribution is 0.0924. The number of nitrogens with zero attached hydrogens (tertiary/aromatic N) is 3. The van der Waals surface area contributed by atoms with Gasteiger partial charge in [0.2, 0.25) is 0 Å². The van der Waals surface area contributed by atoms with Gasteiger partial charge in [-0.3, -0.25) is 0 Å². The third-order valence-corrected chi connectivity index (χ3v) is 8.04. The standard InChI is InChI=1S/C25H32FN3S/c26-20-9-10-25-23(19-20)29(22-7-2-3-8-24(22)30-25)16-6-13-27-17-11-21(12-18-27)28-14-4-1-5-15-28/h2-3,7-10,19,21H,1,4-6,11-18H2. The van der Waals surface area contributed by atoms with Crippen LogP contribution in [-0.4, -0.2) is 55.1 Å². The van der Waals surface area contributed by atoms with Crippen LogP contribution in [0.25, 0.3) is 0 Å². The van der Waals surface area contributed by atoms with Crippen molar-refractivity contribution in [2.24, 2.45) is 0 Å². The average molecular weight is 426 g/mol. The highest BCUT2D eigenvalue weighted by atomic mass is 32.2. The van der Waals surface area contributed by atoms with Crippen LogP contribution in [0, 0.1) is 5.82 Å². The van der Waals surface area contributed by atoms with Crippen molar-refractivity contribution in [3.63, 3.8) is 0 Å². The van der Waals surface area contributed by atoms with Gasteiger partial charge >= 0.3 is 0 Å². The van der Waals surface area contributed by atoms with Gasteiger partial charge in [-0.25, -0.2) is 4.39 Å². The molecule has 5 heteroatoms. The van der Waals surface area contributed by atoms with Crippen molar-refractivity contribution in [3.05, 3.63) is 48.3 Å². The number of hydrogen-bond donors (Lipinski definition) is 0. The van der Waals surface area contributed by atoms with Crippen LogP contribution in [0.3, 0.4) is 0 Å². The van der Waals surface area contributed by atoms with Crippen molar-refractivity contribution in [2.45, 2.75) is 54.4 Å². The summed E-state index contributed by atoms with van der Waals surface area (Å²) in [6.07, 6.45) is 7.92. The van der Waals surface area contributed by atoms with Crippen molar-refractivity contribution in [1.29, 1.82) is 0 Å². The summed E-state index contributed by atoms with van der Waals surface area (Å²) in [7, 11) is 0. The zero-order valence-corrected chi connectivity index (χ0v) is 18.5. The SMILES string of the molecule is Fc1ccc2c(c1)N(CCCN1CCC(N3CCCCC3)CC1)c1ccccc1S2. The molecule has 0 spiro atoms. The summed E-state index contributed by atoms with van der Waals surface area (Å²) in [5.74, 6) is -0.154. The molecule has 2 saturated heterocycles. The van der Waals surface area contributed by atoms with Gasteiger partial charge in [-0.1, -0.05) is 30.3 Å². The Hall–Kier alpha value is -1.56. The van der Waals surface area contributed by atoms with E-state index >= 15 is 0 Å². The average Bonchev–Trinajstić information content (AvgIpc) is 2.80. The molecular formula is C25H32FN3S. The smallest absolute Gasteiger partial charge is 0.125 e. The second-order valence-corrected chi connectivity index (χ2v) is 9.94. The minimum absolute atomic E-state index is 0.154. The number of anilines is 2. The number of benzene rings is 2. The number of hydrogen-bond acceptors (Lipinski definition) is 4. The van der Waals surface area contributed by atoms with Gasteiger partial charge in [-0.2, -0.15) is 0 Å². The summed E-state index contributed by atoms with van der Waals surface area (Å²) in [5.41, 5.74) is 2.23. The second-order valence-electron chi connectivity index (χ2n) is 8.86. The van der Waals surface area contributed by atoms with E-state index < -0.39 is 0 Å². The third kappa shape index (κ3) is 4.39. The molecule has 2 fully saturated rings. The van der Waals surface area contributed by atoms with E-state index in [9.17, 15) is 4.39 Å². The molecule has 0 aromatic heterocycles. The summed E-state index contributed by atoms with van der Waals surface area (Å²) in [4.78, 5) is 10.1. The third-order valence-electron chi connectivity index (χ3n) is 6.91. The van der Waals surface area contributed by atoms with Crippen molar-refractivity contribution < 1.29 is 4.39 Å². The highest BCUT2D eigenvalue weighted by molar-refractivity contribution is 7.99. The predicted molar refractivity (Wildman–Crippen MR) is 123 cm³/mol. The Labute approximate surface area is 184 Å². The summed E-state index contributed by atoms with van der Waals surface area (Å²) in [6.45, 7) is 7.13. The maximum Gasteiger partial charge on any atom is 0.125 e. The van der Waals surface area contributed by atoms with Crippen LogP contribution >= 0.6 is 11.8 Å². The fraction of sp³-hybridized carbons (Fsp3) is 0.520. The number of rotatable bonds is 5. The lowest BCUT2D eigenvalue weighted by Gasteiger charge is -2.40. The molecule has 5 rings (SSSR count). The molecule has 0 atom stereocenters. The van der Waals surface area contributed by atoms with Crippen LogP contribution in [0.15, 0.2) is 52.3 Å². The molecule has 3 nitrogen and oxygen atoms in total. The molecule has 0 amide bonds. The number of para-hydroxylation sites is 1. The van der Waals surface area contributed by atoms with Crippen molar-refractivity contribution in [1.82, 2.24) is 9.80 Å². The molecule has 0 radical (unpaired) electrons. The molecule has 0 unspecified atom stereocenters. The highest BCUT2D eigenvalue weighted by Crippen LogP contribution is 2.48. The van der Waals surface area contributed by atoms with Gasteiger partial charge in [0.25, 0.3) is 0 Å². The first-order chi connectivity index (χ1) is 14.8. The molecule has 2 aromatic rings. The van der Waals surface area contributed by atoms with Crippen LogP contribution in [-0.2, 0) is 0 Å². The maximum absolute atomic E-state index is 14.0. The van der Waals surface area contributed by atoms with Crippen LogP contribution in [0.4, 0.5) is 15.8 Å². The van der Waals surface area contributed by atoms with Crippen LogP contribution in [0.5, 0.6) is 0 Å². The lowest BCUT2D eigenvalue weighted by Crippen LogP contribution is -2.47. The predicted octanol–water partition coefficient (Wildman–Crippen LogP) is 5.77. The van der Waals surface area contributed by atoms with Crippen LogP contribution in [0.2, 0.25) is 0 Å². The first-order valence-corrected chi connectivity index (χ1v) is 12.4. The van der Waals surface area contributed by atoms with Gasteiger partial charge in [-0.05, 0) is 95.2 Å². The molecular weight excluding hydrogens is 393 g/mol. The first kappa shape index (κ1) is 20.3. The van der Waals surface area contributed by atoms with Gasteiger partial charge in [0.15, 0.2) is 0 Å². The zero-order valence-electron chi connectivity index (χ0n) is 17.7. The second kappa shape index (κ2) is 9.29. The van der Waals surface area contributed by atoms with Crippen molar-refractivity contribution >= 4 is 23.1 Å². The fourth-order valence-corrected chi connectivity index (χ4v) is 6.36. The Morgan fingerprint density at radius 1 is 0.833 bits per heavy atom. The topological polar surface area (TPSA) is 9.72 Å². The van der Waals surface area contributed by atoms with E-state index in [0.717, 1.165) is 36.1 Å². The quantitative estimate of drug-likeness (QED) is 0.601. The number of likely N-dealkylation sites (tertiary alicyclic amines) is 2. The van der Waals surface area contributed by atoms with E-state index in [1.165, 1.54) is 68.9 Å². The Kier molecular flexibility index (Phi) is 6.30. The minimum atomic E-state index is -0.154. The Bertz CT molecular complexity index is 859. The normalized spacial score (nSPS) is 20.8. The molecule has 2 aromatic carbocycles. The molecule has 3 aliphatic rings. The molecule has 30 heavy (non-hydrogen) atoms. The molecule has 0 bridgehead atoms. The molecule has 0 N–H and O–H groups in total. The zero-order chi connectivity index (χ0) is 20.3. The van der Waals surface area contributed by atoms with E-state index in [1.54, 1.807) is 23.9 Å². The van der Waals surface area contributed by atoms with E-state index in [-0.39, 0.29) is 5.82 Å². The van der Waals surface area contributed by atoms with E-state index in [2.05, 4.69) is 39.0 Å². The number of fused-ring (bicyclic) bond motifs is 2. The monoisotopic (exact) mass is 425 g/mol. The molecule has 0 aliphatic carbocycles. The first-order valence-electron chi connectivity index (χ1n) is 11.6. The van der Waals surface area contributed by atoms with E-state index in [4.69, 9.17) is 0 Å². The largest absolute Gasteiger partial charge is 0.340 e. The summed E-state index contributed by atoms with van der Waals surface area (Å²) >= 11 is 1.75. The van der Waals surface area contributed by atoms with Crippen LogP contribution in [0.1, 0.15) is 38.5 Å². The summed E-state index contributed by atoms with van der Waals surface area (Å²) < 4.78 is 14.0. The van der Waals surface area contributed by atoms with Gasteiger partial charge in [0.1, 0.15) is 5.82 Å². The van der Waals surface area contributed by atoms with Gasteiger partial charge in [0, 0.05) is 22.4 Å². The Morgan fingerprint density at radius 3 is 2.43 bits per heavy atom. The molecule has 3 aliphatic heterocycles. The summed E-state index contributed by atoms with van der Waals surface area (Å²) in [6, 6.07) is 14.5.